The summed E-state index contributed by atoms with van der Waals surface area (Å²) in [6.07, 6.45) is -16.4. The van der Waals surface area contributed by atoms with Crippen molar-refractivity contribution in [2.24, 2.45) is 0 Å². The second-order valence-electron chi connectivity index (χ2n) is 1.45. The van der Waals surface area contributed by atoms with Crippen molar-refractivity contribution in [3.63, 3.8) is 0 Å². The van der Waals surface area contributed by atoms with E-state index >= 15 is 0 Å². The Hall–Kier alpha value is -0.560. The first-order valence-corrected chi connectivity index (χ1v) is 2.31. The van der Waals surface area contributed by atoms with Gasteiger partial charge in [-0.25, -0.2) is 4.39 Å². The van der Waals surface area contributed by atoms with E-state index in [0.29, 0.717) is 7.18 Å². The van der Waals surface area contributed by atoms with E-state index in [2.05, 4.69) is 0 Å². The van der Waals surface area contributed by atoms with Crippen LogP contribution in [0.3, 0.4) is 0 Å². The summed E-state index contributed by atoms with van der Waals surface area (Å²) >= 11 is 0. The van der Waals surface area contributed by atoms with E-state index in [-0.39, 0.29) is 0 Å². The topological polar surface area (TPSA) is 0 Å². The highest BCUT2D eigenvalue weighted by atomic mass is 19.4. The Labute approximate surface area is 62.2 Å². The average Bonchev–Trinajstić information content (AvgIpc) is 1.87. The van der Waals surface area contributed by atoms with Crippen LogP contribution in [0.25, 0.3) is 0 Å². The zero-order valence-electron chi connectivity index (χ0n) is 5.60. The lowest BCUT2D eigenvalue weighted by Gasteiger charge is -2.14. The molecule has 0 fully saturated rings. The molecule has 8 heteroatoms. The van der Waals surface area contributed by atoms with Crippen molar-refractivity contribution in [2.45, 2.75) is 18.5 Å². The van der Waals surface area contributed by atoms with Crippen LogP contribution in [-0.4, -0.2) is 25.7 Å². The quantitative estimate of drug-likeness (QED) is 0.532. The van der Waals surface area contributed by atoms with Gasteiger partial charge in [0.2, 0.25) is 0 Å². The molecular weight excluding hydrogens is 200 g/mol. The second kappa shape index (κ2) is 4.46. The predicted octanol–water partition coefficient (Wildman–Crippen LogP) is 3.03. The molecule has 0 aliphatic carbocycles. The summed E-state index contributed by atoms with van der Waals surface area (Å²) in [7, 11) is 0.500. The van der Waals surface area contributed by atoms with Gasteiger partial charge in [-0.15, -0.1) is 0 Å². The number of halogens is 8. The molecule has 0 aromatic carbocycles. The lowest BCUT2D eigenvalue weighted by atomic mass is 10.4. The fraction of sp³-hybridized carbons (Fsp3) is 1.00. The van der Waals surface area contributed by atoms with Crippen molar-refractivity contribution in [3.8, 4) is 0 Å². The van der Waals surface area contributed by atoms with E-state index in [9.17, 15) is 35.1 Å². The van der Waals surface area contributed by atoms with Crippen LogP contribution in [0.5, 0.6) is 0 Å². The summed E-state index contributed by atoms with van der Waals surface area (Å²) in [4.78, 5) is 0. The first-order chi connectivity index (χ1) is 5.15. The van der Waals surface area contributed by atoms with Crippen molar-refractivity contribution in [1.29, 1.82) is 0 Å². The largest absolute Gasteiger partial charge is 0.428 e. The molecule has 0 bridgehead atoms. The molecule has 0 heterocycles. The van der Waals surface area contributed by atoms with Crippen LogP contribution in [0.15, 0.2) is 0 Å². The van der Waals surface area contributed by atoms with Crippen molar-refractivity contribution in [3.05, 3.63) is 0 Å². The lowest BCUT2D eigenvalue weighted by molar-refractivity contribution is -0.285. The van der Waals surface area contributed by atoms with Crippen LogP contribution in [0.2, 0.25) is 0 Å². The van der Waals surface area contributed by atoms with Crippen molar-refractivity contribution < 1.29 is 35.1 Å². The van der Waals surface area contributed by atoms with Gasteiger partial charge in [-0.05, 0) is 0 Å². The number of hydrogen-bond donors (Lipinski definition) is 0. The van der Waals surface area contributed by atoms with E-state index in [4.69, 9.17) is 0 Å². The third kappa shape index (κ3) is 5.14. The van der Waals surface area contributed by atoms with Crippen LogP contribution in [0.4, 0.5) is 35.1 Å². The minimum atomic E-state index is -5.85. The van der Waals surface area contributed by atoms with Gasteiger partial charge in [0.1, 0.15) is 0 Å². The van der Waals surface area contributed by atoms with Crippen LogP contribution in [-0.2, 0) is 0 Å². The average molecular weight is 204 g/mol. The number of rotatable bonds is 0. The molecule has 12 heavy (non-hydrogen) atoms. The summed E-state index contributed by atoms with van der Waals surface area (Å²) < 4.78 is 85.8. The Bertz CT molecular complexity index is 95.2. The van der Waals surface area contributed by atoms with E-state index in [0.717, 1.165) is 0 Å². The number of hydrogen-bond acceptors (Lipinski definition) is 0. The van der Waals surface area contributed by atoms with E-state index < -0.39 is 18.5 Å². The molecule has 0 aromatic heterocycles. The Kier molecular flexibility index (Phi) is 5.20. The summed E-state index contributed by atoms with van der Waals surface area (Å²) in [5.74, 6) is 0. The fourth-order valence-corrected chi connectivity index (χ4v) is 0.186. The molecule has 0 spiro atoms. The van der Waals surface area contributed by atoms with Gasteiger partial charge in [-0.2, -0.15) is 26.3 Å². The maximum absolute atomic E-state index is 11.2. The standard InChI is InChI=1S/C3HF7.CH3F/c4-1(2(5,6)7)3(8,9)10;1-2/h1H;1H3. The first kappa shape index (κ1) is 14.0. The smallest absolute Gasteiger partial charge is 0.255 e. The third-order valence-corrected chi connectivity index (χ3v) is 0.575. The van der Waals surface area contributed by atoms with Crippen molar-refractivity contribution in [1.82, 2.24) is 0 Å². The summed E-state index contributed by atoms with van der Waals surface area (Å²) in [5.41, 5.74) is 0. The fourth-order valence-electron chi connectivity index (χ4n) is 0.186. The van der Waals surface area contributed by atoms with Gasteiger partial charge in [0, 0.05) is 0 Å². The summed E-state index contributed by atoms with van der Waals surface area (Å²) in [6.45, 7) is 0. The van der Waals surface area contributed by atoms with Crippen molar-refractivity contribution in [2.75, 3.05) is 7.18 Å². The van der Waals surface area contributed by atoms with Crippen LogP contribution in [0.1, 0.15) is 0 Å². The van der Waals surface area contributed by atoms with Gasteiger partial charge in [-0.1, -0.05) is 0 Å². The van der Waals surface area contributed by atoms with Gasteiger partial charge < -0.3 is 0 Å². The minimum absolute atomic E-state index is 0.500. The minimum Gasteiger partial charge on any atom is -0.255 e. The van der Waals surface area contributed by atoms with Gasteiger partial charge in [0.05, 0.1) is 7.18 Å². The highest BCUT2D eigenvalue weighted by Crippen LogP contribution is 2.35. The summed E-state index contributed by atoms with van der Waals surface area (Å²) in [6, 6.07) is 0. The Morgan fingerprint density at radius 1 is 0.750 bits per heavy atom. The molecule has 0 radical (unpaired) electrons. The maximum Gasteiger partial charge on any atom is 0.428 e. The molecule has 0 saturated carbocycles. The molecule has 76 valence electrons. The van der Waals surface area contributed by atoms with E-state index in [1.54, 1.807) is 0 Å². The third-order valence-electron chi connectivity index (χ3n) is 0.575. The molecule has 0 saturated heterocycles. The Morgan fingerprint density at radius 2 is 0.917 bits per heavy atom. The van der Waals surface area contributed by atoms with Gasteiger partial charge in [0.25, 0.3) is 6.17 Å². The molecule has 0 aliphatic rings. The molecule has 0 aliphatic heterocycles. The normalized spacial score (nSPS) is 12.5. The molecule has 0 amide bonds. The Morgan fingerprint density at radius 3 is 0.917 bits per heavy atom. The van der Waals surface area contributed by atoms with E-state index in [1.807, 2.05) is 0 Å². The van der Waals surface area contributed by atoms with Gasteiger partial charge in [0.15, 0.2) is 0 Å². The van der Waals surface area contributed by atoms with Crippen LogP contribution in [0, 0.1) is 0 Å². The zero-order chi connectivity index (χ0) is 10.6. The molecule has 0 atom stereocenters. The maximum atomic E-state index is 11.2. The van der Waals surface area contributed by atoms with Gasteiger partial charge in [-0.3, -0.25) is 4.39 Å². The predicted molar refractivity (Wildman–Crippen MR) is 24.0 cm³/mol. The first-order valence-electron chi connectivity index (χ1n) is 2.31. The lowest BCUT2D eigenvalue weighted by Crippen LogP contribution is -2.38. The SMILES string of the molecule is CF.FC(C(F)(F)F)C(F)(F)F. The highest BCUT2D eigenvalue weighted by Gasteiger charge is 2.57. The van der Waals surface area contributed by atoms with Crippen LogP contribution < -0.4 is 0 Å². The molecular formula is C4H4F8. The van der Waals surface area contributed by atoms with Gasteiger partial charge >= 0.3 is 12.4 Å². The van der Waals surface area contributed by atoms with Crippen LogP contribution >= 0.6 is 0 Å². The molecule has 0 nitrogen and oxygen atoms in total. The van der Waals surface area contributed by atoms with Crippen molar-refractivity contribution >= 4 is 0 Å². The second-order valence-corrected chi connectivity index (χ2v) is 1.45. The molecule has 0 unspecified atom stereocenters. The highest BCUT2D eigenvalue weighted by molar-refractivity contribution is 4.73. The Balaban J connectivity index is 0. The molecule has 0 N–H and O–H groups in total. The molecule has 0 rings (SSSR count). The zero-order valence-corrected chi connectivity index (χ0v) is 5.60. The monoisotopic (exact) mass is 204 g/mol. The molecule has 0 aromatic rings. The summed E-state index contributed by atoms with van der Waals surface area (Å²) in [5, 5.41) is 0. The van der Waals surface area contributed by atoms with E-state index in [1.165, 1.54) is 0 Å². The number of alkyl halides is 8.